The SMILES string of the molecule is O=C(C[C@@H]1C[C@@H]2CC[C@@H]1C2)Oc1ccc(C(=O)c2ccc(F)cc2)cc1. The molecule has 2 aromatic rings. The Morgan fingerprint density at radius 1 is 0.923 bits per heavy atom. The Hall–Kier alpha value is -2.49. The molecular weight excluding hydrogens is 331 g/mol. The molecule has 2 aliphatic carbocycles. The first kappa shape index (κ1) is 17.0. The summed E-state index contributed by atoms with van der Waals surface area (Å²) in [7, 11) is 0. The van der Waals surface area contributed by atoms with Crippen LogP contribution in [0.1, 0.15) is 48.0 Å². The highest BCUT2D eigenvalue weighted by atomic mass is 19.1. The summed E-state index contributed by atoms with van der Waals surface area (Å²) in [5.41, 5.74) is 0.900. The highest BCUT2D eigenvalue weighted by Crippen LogP contribution is 2.49. The lowest BCUT2D eigenvalue weighted by Crippen LogP contribution is -2.18. The lowest BCUT2D eigenvalue weighted by Gasteiger charge is -2.20. The van der Waals surface area contributed by atoms with Gasteiger partial charge in [0.1, 0.15) is 11.6 Å². The number of fused-ring (bicyclic) bond motifs is 2. The predicted octanol–water partition coefficient (Wildman–Crippen LogP) is 4.79. The number of carbonyl (C=O) groups is 2. The predicted molar refractivity (Wildman–Crippen MR) is 95.5 cm³/mol. The summed E-state index contributed by atoms with van der Waals surface area (Å²) in [6.07, 6.45) is 5.49. The van der Waals surface area contributed by atoms with Gasteiger partial charge in [-0.15, -0.1) is 0 Å². The largest absolute Gasteiger partial charge is 0.427 e. The third-order valence-corrected chi connectivity index (χ3v) is 5.77. The van der Waals surface area contributed by atoms with Crippen LogP contribution in [0.3, 0.4) is 0 Å². The summed E-state index contributed by atoms with van der Waals surface area (Å²) < 4.78 is 18.4. The number of hydrogen-bond acceptors (Lipinski definition) is 3. The minimum absolute atomic E-state index is 0.190. The molecule has 3 nitrogen and oxygen atoms in total. The van der Waals surface area contributed by atoms with Crippen LogP contribution in [0.15, 0.2) is 48.5 Å². The van der Waals surface area contributed by atoms with Crippen LogP contribution in [-0.2, 0) is 4.79 Å². The van der Waals surface area contributed by atoms with Crippen molar-refractivity contribution in [2.24, 2.45) is 17.8 Å². The van der Waals surface area contributed by atoms with E-state index in [0.29, 0.717) is 35.1 Å². The molecule has 2 bridgehead atoms. The molecule has 0 heterocycles. The van der Waals surface area contributed by atoms with E-state index in [-0.39, 0.29) is 17.6 Å². The molecule has 0 N–H and O–H groups in total. The van der Waals surface area contributed by atoms with Crippen molar-refractivity contribution in [2.45, 2.75) is 32.1 Å². The fraction of sp³-hybridized carbons (Fsp3) is 0.364. The quantitative estimate of drug-likeness (QED) is 0.441. The van der Waals surface area contributed by atoms with Crippen molar-refractivity contribution in [2.75, 3.05) is 0 Å². The van der Waals surface area contributed by atoms with E-state index in [1.165, 1.54) is 43.5 Å². The zero-order chi connectivity index (χ0) is 18.1. The standard InChI is InChI=1S/C22H21FO3/c23-19-7-3-15(4-8-19)22(25)16-5-9-20(10-6-16)26-21(24)13-18-12-14-1-2-17(18)11-14/h3-10,14,17-18H,1-2,11-13H2/t14-,17-,18+/m1/s1. The van der Waals surface area contributed by atoms with Crippen molar-refractivity contribution in [3.8, 4) is 5.75 Å². The van der Waals surface area contributed by atoms with E-state index < -0.39 is 0 Å². The first-order valence-corrected chi connectivity index (χ1v) is 9.19. The molecule has 26 heavy (non-hydrogen) atoms. The zero-order valence-corrected chi connectivity index (χ0v) is 14.5. The average Bonchev–Trinajstić information content (AvgIpc) is 3.25. The molecule has 0 spiro atoms. The molecule has 0 aliphatic heterocycles. The second-order valence-corrected chi connectivity index (χ2v) is 7.47. The molecule has 4 rings (SSSR count). The monoisotopic (exact) mass is 352 g/mol. The van der Waals surface area contributed by atoms with Gasteiger partial charge in [0.05, 0.1) is 0 Å². The van der Waals surface area contributed by atoms with Gasteiger partial charge in [0.15, 0.2) is 5.78 Å². The molecule has 4 heteroatoms. The van der Waals surface area contributed by atoms with E-state index in [0.717, 1.165) is 12.3 Å². The maximum atomic E-state index is 13.0. The third-order valence-electron chi connectivity index (χ3n) is 5.77. The number of rotatable bonds is 5. The van der Waals surface area contributed by atoms with Crippen LogP contribution >= 0.6 is 0 Å². The Labute approximate surface area is 152 Å². The van der Waals surface area contributed by atoms with Crippen molar-refractivity contribution in [3.05, 3.63) is 65.5 Å². The minimum atomic E-state index is -0.376. The summed E-state index contributed by atoms with van der Waals surface area (Å²) in [6.45, 7) is 0. The highest BCUT2D eigenvalue weighted by molar-refractivity contribution is 6.09. The maximum Gasteiger partial charge on any atom is 0.311 e. The summed E-state index contributed by atoms with van der Waals surface area (Å²) in [5, 5.41) is 0. The molecule has 2 saturated carbocycles. The Balaban J connectivity index is 1.36. The number of halogens is 1. The van der Waals surface area contributed by atoms with Crippen LogP contribution in [0, 0.1) is 23.6 Å². The van der Waals surface area contributed by atoms with Crippen LogP contribution in [0.2, 0.25) is 0 Å². The van der Waals surface area contributed by atoms with Crippen molar-refractivity contribution in [1.29, 1.82) is 0 Å². The normalized spacial score (nSPS) is 23.8. The Kier molecular flexibility index (Phi) is 4.58. The first-order valence-electron chi connectivity index (χ1n) is 9.19. The average molecular weight is 352 g/mol. The summed E-state index contributed by atoms with van der Waals surface area (Å²) in [5.74, 6) is 1.68. The number of carbonyl (C=O) groups excluding carboxylic acids is 2. The molecule has 2 aromatic carbocycles. The molecule has 2 aliphatic rings. The Bertz CT molecular complexity index is 810. The molecular formula is C22H21FO3. The van der Waals surface area contributed by atoms with E-state index in [9.17, 15) is 14.0 Å². The van der Waals surface area contributed by atoms with Gasteiger partial charge in [-0.1, -0.05) is 6.42 Å². The summed E-state index contributed by atoms with van der Waals surface area (Å²) in [4.78, 5) is 24.6. The Morgan fingerprint density at radius 2 is 1.58 bits per heavy atom. The van der Waals surface area contributed by atoms with Crippen LogP contribution in [0.25, 0.3) is 0 Å². The van der Waals surface area contributed by atoms with E-state index in [4.69, 9.17) is 4.74 Å². The molecule has 0 amide bonds. The lowest BCUT2D eigenvalue weighted by atomic mass is 9.86. The molecule has 134 valence electrons. The van der Waals surface area contributed by atoms with Gasteiger partial charge in [0, 0.05) is 17.5 Å². The number of esters is 1. The zero-order valence-electron chi connectivity index (χ0n) is 14.5. The van der Waals surface area contributed by atoms with Crippen molar-refractivity contribution in [1.82, 2.24) is 0 Å². The van der Waals surface area contributed by atoms with Crippen LogP contribution in [-0.4, -0.2) is 11.8 Å². The minimum Gasteiger partial charge on any atom is -0.427 e. The van der Waals surface area contributed by atoms with Gasteiger partial charge in [-0.2, -0.15) is 0 Å². The number of benzene rings is 2. The van der Waals surface area contributed by atoms with E-state index in [1.54, 1.807) is 24.3 Å². The highest BCUT2D eigenvalue weighted by Gasteiger charge is 2.40. The summed E-state index contributed by atoms with van der Waals surface area (Å²) in [6, 6.07) is 12.0. The van der Waals surface area contributed by atoms with Crippen LogP contribution in [0.5, 0.6) is 5.75 Å². The van der Waals surface area contributed by atoms with Crippen molar-refractivity contribution >= 4 is 11.8 Å². The molecule has 3 atom stereocenters. The second kappa shape index (κ2) is 7.02. The van der Waals surface area contributed by atoms with Gasteiger partial charge in [-0.3, -0.25) is 9.59 Å². The molecule has 0 unspecified atom stereocenters. The van der Waals surface area contributed by atoms with Crippen LogP contribution < -0.4 is 4.74 Å². The first-order chi connectivity index (χ1) is 12.6. The van der Waals surface area contributed by atoms with Crippen molar-refractivity contribution in [3.63, 3.8) is 0 Å². The number of ketones is 1. The van der Waals surface area contributed by atoms with Crippen LogP contribution in [0.4, 0.5) is 4.39 Å². The fourth-order valence-electron chi connectivity index (χ4n) is 4.46. The van der Waals surface area contributed by atoms with Crippen molar-refractivity contribution < 1.29 is 18.7 Å². The second-order valence-electron chi connectivity index (χ2n) is 7.47. The van der Waals surface area contributed by atoms with Gasteiger partial charge >= 0.3 is 5.97 Å². The molecule has 2 fully saturated rings. The van der Waals surface area contributed by atoms with Gasteiger partial charge < -0.3 is 4.74 Å². The van der Waals surface area contributed by atoms with E-state index in [2.05, 4.69) is 0 Å². The van der Waals surface area contributed by atoms with Gasteiger partial charge in [0.2, 0.25) is 0 Å². The molecule has 0 radical (unpaired) electrons. The van der Waals surface area contributed by atoms with Gasteiger partial charge in [-0.25, -0.2) is 4.39 Å². The number of ether oxygens (including phenoxy) is 1. The lowest BCUT2D eigenvalue weighted by molar-refractivity contribution is -0.135. The maximum absolute atomic E-state index is 13.0. The summed E-state index contributed by atoms with van der Waals surface area (Å²) >= 11 is 0. The Morgan fingerprint density at radius 3 is 2.15 bits per heavy atom. The van der Waals surface area contributed by atoms with Gasteiger partial charge in [-0.05, 0) is 85.5 Å². The smallest absolute Gasteiger partial charge is 0.311 e. The van der Waals surface area contributed by atoms with E-state index >= 15 is 0 Å². The van der Waals surface area contributed by atoms with Gasteiger partial charge in [0.25, 0.3) is 0 Å². The fourth-order valence-corrected chi connectivity index (χ4v) is 4.46. The molecule has 0 aromatic heterocycles. The molecule has 0 saturated heterocycles. The number of hydrogen-bond donors (Lipinski definition) is 0. The topological polar surface area (TPSA) is 43.4 Å². The van der Waals surface area contributed by atoms with E-state index in [1.807, 2.05) is 0 Å². The third kappa shape index (κ3) is 3.55.